The SMILES string of the molecule is CCCNCc1coc(COc2cccc(C)c2C)c1. The predicted octanol–water partition coefficient (Wildman–Crippen LogP) is 3.98. The van der Waals surface area contributed by atoms with Gasteiger partial charge in [0.05, 0.1) is 6.26 Å². The zero-order valence-corrected chi connectivity index (χ0v) is 12.5. The highest BCUT2D eigenvalue weighted by Crippen LogP contribution is 2.22. The maximum Gasteiger partial charge on any atom is 0.146 e. The van der Waals surface area contributed by atoms with Crippen LogP contribution in [0.1, 0.15) is 35.8 Å². The first kappa shape index (κ1) is 14.7. The monoisotopic (exact) mass is 273 g/mol. The molecule has 0 amide bonds. The Balaban J connectivity index is 1.89. The van der Waals surface area contributed by atoms with Crippen LogP contribution in [0.2, 0.25) is 0 Å². The molecule has 0 fully saturated rings. The van der Waals surface area contributed by atoms with Crippen molar-refractivity contribution in [1.29, 1.82) is 0 Å². The van der Waals surface area contributed by atoms with Crippen molar-refractivity contribution in [3.8, 4) is 5.75 Å². The van der Waals surface area contributed by atoms with Crippen LogP contribution in [0.3, 0.4) is 0 Å². The third kappa shape index (κ3) is 3.87. The van der Waals surface area contributed by atoms with E-state index in [4.69, 9.17) is 9.15 Å². The summed E-state index contributed by atoms with van der Waals surface area (Å²) in [5, 5.41) is 3.35. The molecular weight excluding hydrogens is 250 g/mol. The average Bonchev–Trinajstić information content (AvgIpc) is 2.89. The van der Waals surface area contributed by atoms with Crippen molar-refractivity contribution in [2.45, 2.75) is 40.3 Å². The second-order valence-electron chi connectivity index (χ2n) is 5.08. The Labute approximate surface area is 121 Å². The van der Waals surface area contributed by atoms with E-state index in [9.17, 15) is 0 Å². The lowest BCUT2D eigenvalue weighted by Crippen LogP contribution is -2.13. The summed E-state index contributed by atoms with van der Waals surface area (Å²) in [6.45, 7) is 8.67. The maximum absolute atomic E-state index is 5.83. The van der Waals surface area contributed by atoms with Gasteiger partial charge in [-0.15, -0.1) is 0 Å². The Hall–Kier alpha value is -1.74. The number of furan rings is 1. The van der Waals surface area contributed by atoms with Gasteiger partial charge in [-0.1, -0.05) is 19.1 Å². The first-order chi connectivity index (χ1) is 9.70. The summed E-state index contributed by atoms with van der Waals surface area (Å²) in [6, 6.07) is 8.15. The molecule has 20 heavy (non-hydrogen) atoms. The Morgan fingerprint density at radius 1 is 1.25 bits per heavy atom. The molecule has 0 saturated heterocycles. The zero-order chi connectivity index (χ0) is 14.4. The van der Waals surface area contributed by atoms with E-state index >= 15 is 0 Å². The predicted molar refractivity (Wildman–Crippen MR) is 81.0 cm³/mol. The molecule has 1 aromatic heterocycles. The van der Waals surface area contributed by atoms with Gasteiger partial charge in [0.25, 0.3) is 0 Å². The van der Waals surface area contributed by atoms with Crippen LogP contribution in [0.15, 0.2) is 34.9 Å². The number of ether oxygens (including phenoxy) is 1. The van der Waals surface area contributed by atoms with Crippen LogP contribution in [-0.4, -0.2) is 6.54 Å². The Morgan fingerprint density at radius 2 is 2.10 bits per heavy atom. The second-order valence-corrected chi connectivity index (χ2v) is 5.08. The molecule has 1 aromatic carbocycles. The van der Waals surface area contributed by atoms with Crippen molar-refractivity contribution < 1.29 is 9.15 Å². The van der Waals surface area contributed by atoms with E-state index in [1.165, 1.54) is 11.1 Å². The molecule has 0 unspecified atom stereocenters. The standard InChI is InChI=1S/C17H23NO2/c1-4-8-18-10-15-9-16(19-11-15)12-20-17-7-5-6-13(2)14(17)3/h5-7,9,11,18H,4,8,10,12H2,1-3H3. The highest BCUT2D eigenvalue weighted by molar-refractivity contribution is 5.38. The second kappa shape index (κ2) is 7.15. The highest BCUT2D eigenvalue weighted by atomic mass is 16.5. The Bertz CT molecular complexity index is 546. The van der Waals surface area contributed by atoms with Crippen molar-refractivity contribution in [1.82, 2.24) is 5.32 Å². The van der Waals surface area contributed by atoms with Crippen LogP contribution >= 0.6 is 0 Å². The van der Waals surface area contributed by atoms with Gasteiger partial charge in [0.1, 0.15) is 18.1 Å². The molecule has 1 heterocycles. The smallest absolute Gasteiger partial charge is 0.146 e. The van der Waals surface area contributed by atoms with Gasteiger partial charge in [0.2, 0.25) is 0 Å². The summed E-state index contributed by atoms with van der Waals surface area (Å²) in [4.78, 5) is 0. The summed E-state index contributed by atoms with van der Waals surface area (Å²) in [5.41, 5.74) is 3.59. The molecule has 0 aliphatic heterocycles. The van der Waals surface area contributed by atoms with Gasteiger partial charge in [-0.3, -0.25) is 0 Å². The number of hydrogen-bond acceptors (Lipinski definition) is 3. The van der Waals surface area contributed by atoms with E-state index in [0.29, 0.717) is 6.61 Å². The van der Waals surface area contributed by atoms with E-state index in [1.807, 2.05) is 18.2 Å². The molecule has 108 valence electrons. The molecule has 0 bridgehead atoms. The van der Waals surface area contributed by atoms with Crippen molar-refractivity contribution in [3.05, 3.63) is 53.0 Å². The molecule has 2 rings (SSSR count). The van der Waals surface area contributed by atoms with Crippen molar-refractivity contribution in [2.24, 2.45) is 0 Å². The van der Waals surface area contributed by atoms with Crippen LogP contribution in [-0.2, 0) is 13.2 Å². The molecule has 0 spiro atoms. The van der Waals surface area contributed by atoms with Crippen LogP contribution in [0, 0.1) is 13.8 Å². The van der Waals surface area contributed by atoms with Crippen molar-refractivity contribution >= 4 is 0 Å². The first-order valence-corrected chi connectivity index (χ1v) is 7.16. The lowest BCUT2D eigenvalue weighted by Gasteiger charge is -2.09. The van der Waals surface area contributed by atoms with Gasteiger partial charge in [0.15, 0.2) is 0 Å². The average molecular weight is 273 g/mol. The summed E-state index contributed by atoms with van der Waals surface area (Å²) in [7, 11) is 0. The Kier molecular flexibility index (Phi) is 5.24. The molecule has 0 aliphatic rings. The highest BCUT2D eigenvalue weighted by Gasteiger charge is 2.05. The Morgan fingerprint density at radius 3 is 2.90 bits per heavy atom. The van der Waals surface area contributed by atoms with Gasteiger partial charge in [-0.05, 0) is 50.1 Å². The minimum atomic E-state index is 0.470. The van der Waals surface area contributed by atoms with E-state index < -0.39 is 0 Å². The fourth-order valence-corrected chi connectivity index (χ4v) is 2.03. The minimum absolute atomic E-state index is 0.470. The summed E-state index contributed by atoms with van der Waals surface area (Å²) >= 11 is 0. The largest absolute Gasteiger partial charge is 0.485 e. The van der Waals surface area contributed by atoms with Crippen LogP contribution in [0.5, 0.6) is 5.75 Å². The molecule has 1 N–H and O–H groups in total. The molecule has 0 aliphatic carbocycles. The van der Waals surface area contributed by atoms with E-state index in [1.54, 1.807) is 6.26 Å². The third-order valence-electron chi connectivity index (χ3n) is 3.39. The van der Waals surface area contributed by atoms with E-state index in [-0.39, 0.29) is 0 Å². The molecule has 3 nitrogen and oxygen atoms in total. The number of rotatable bonds is 7. The lowest BCUT2D eigenvalue weighted by molar-refractivity contribution is 0.268. The van der Waals surface area contributed by atoms with E-state index in [2.05, 4.69) is 32.2 Å². The molecule has 0 radical (unpaired) electrons. The minimum Gasteiger partial charge on any atom is -0.485 e. The van der Waals surface area contributed by atoms with Crippen LogP contribution < -0.4 is 10.1 Å². The van der Waals surface area contributed by atoms with Crippen LogP contribution in [0.4, 0.5) is 0 Å². The van der Waals surface area contributed by atoms with Crippen LogP contribution in [0.25, 0.3) is 0 Å². The van der Waals surface area contributed by atoms with Gasteiger partial charge >= 0.3 is 0 Å². The summed E-state index contributed by atoms with van der Waals surface area (Å²) in [5.74, 6) is 1.78. The molecular formula is C17H23NO2. The zero-order valence-electron chi connectivity index (χ0n) is 12.5. The molecule has 2 aromatic rings. The summed E-state index contributed by atoms with van der Waals surface area (Å²) < 4.78 is 11.4. The van der Waals surface area contributed by atoms with Gasteiger partial charge < -0.3 is 14.5 Å². The maximum atomic E-state index is 5.83. The number of aryl methyl sites for hydroxylation is 1. The number of benzene rings is 1. The molecule has 3 heteroatoms. The van der Waals surface area contributed by atoms with Crippen molar-refractivity contribution in [2.75, 3.05) is 6.54 Å². The normalized spacial score (nSPS) is 10.8. The fourth-order valence-electron chi connectivity index (χ4n) is 2.03. The quantitative estimate of drug-likeness (QED) is 0.775. The number of nitrogens with one attached hydrogen (secondary N) is 1. The lowest BCUT2D eigenvalue weighted by atomic mass is 10.1. The third-order valence-corrected chi connectivity index (χ3v) is 3.39. The van der Waals surface area contributed by atoms with Crippen molar-refractivity contribution in [3.63, 3.8) is 0 Å². The fraction of sp³-hybridized carbons (Fsp3) is 0.412. The topological polar surface area (TPSA) is 34.4 Å². The van der Waals surface area contributed by atoms with E-state index in [0.717, 1.165) is 36.6 Å². The van der Waals surface area contributed by atoms with Gasteiger partial charge in [-0.25, -0.2) is 0 Å². The summed E-state index contributed by atoms with van der Waals surface area (Å²) in [6.07, 6.45) is 2.94. The number of hydrogen-bond donors (Lipinski definition) is 1. The van der Waals surface area contributed by atoms with Gasteiger partial charge in [-0.2, -0.15) is 0 Å². The first-order valence-electron chi connectivity index (χ1n) is 7.16. The molecule has 0 saturated carbocycles. The molecule has 0 atom stereocenters. The van der Waals surface area contributed by atoms with Gasteiger partial charge in [0, 0.05) is 12.1 Å².